The van der Waals surface area contributed by atoms with Crippen LogP contribution in [0.4, 0.5) is 4.39 Å². The average Bonchev–Trinajstić information content (AvgIpc) is 3.36. The van der Waals surface area contributed by atoms with Crippen LogP contribution in [0.15, 0.2) is 58.1 Å². The minimum atomic E-state index is -0.801. The van der Waals surface area contributed by atoms with Crippen LogP contribution in [0.2, 0.25) is 5.02 Å². The van der Waals surface area contributed by atoms with Crippen LogP contribution in [0.3, 0.4) is 0 Å². The van der Waals surface area contributed by atoms with E-state index in [-0.39, 0.29) is 34.3 Å². The van der Waals surface area contributed by atoms with Crippen molar-refractivity contribution in [3.63, 3.8) is 0 Å². The molecule has 1 saturated carbocycles. The van der Waals surface area contributed by atoms with E-state index in [1.807, 2.05) is 47.1 Å². The molecule has 5 aliphatic rings. The van der Waals surface area contributed by atoms with Crippen molar-refractivity contribution in [2.45, 2.75) is 82.6 Å². The molecule has 2 aromatic carbocycles. The van der Waals surface area contributed by atoms with Crippen LogP contribution in [0.1, 0.15) is 70.5 Å². The summed E-state index contributed by atoms with van der Waals surface area (Å²) in [7, 11) is 1.63. The van der Waals surface area contributed by atoms with Crippen molar-refractivity contribution in [1.29, 1.82) is 0 Å². The third-order valence-corrected chi connectivity index (χ3v) is 11.8. The molecule has 4 atom stereocenters. The van der Waals surface area contributed by atoms with E-state index >= 15 is 4.39 Å². The minimum absolute atomic E-state index is 0.0491. The highest BCUT2D eigenvalue weighted by Crippen LogP contribution is 2.56. The van der Waals surface area contributed by atoms with Crippen LogP contribution in [-0.2, 0) is 15.1 Å². The number of amidine groups is 1. The molecule has 11 heteroatoms. The Morgan fingerprint density at radius 1 is 1.15 bits per heavy atom. The summed E-state index contributed by atoms with van der Waals surface area (Å²) in [6.45, 7) is 10.4. The van der Waals surface area contributed by atoms with Gasteiger partial charge in [0, 0.05) is 36.9 Å². The number of halogens is 2. The second kappa shape index (κ2) is 11.6. The number of hydrogen-bond acceptors (Lipinski definition) is 7. The molecule has 7 rings (SSSR count). The van der Waals surface area contributed by atoms with E-state index in [2.05, 4.69) is 31.0 Å². The van der Waals surface area contributed by atoms with E-state index < -0.39 is 23.4 Å². The highest BCUT2D eigenvalue weighted by molar-refractivity contribution is 8.18. The molecule has 3 fully saturated rings. The lowest BCUT2D eigenvalue weighted by molar-refractivity contribution is -0.144. The lowest BCUT2D eigenvalue weighted by Crippen LogP contribution is -2.58. The maximum absolute atomic E-state index is 15.0. The second-order valence-corrected chi connectivity index (χ2v) is 15.2. The summed E-state index contributed by atoms with van der Waals surface area (Å²) < 4.78 is 20.4. The Morgan fingerprint density at radius 3 is 2.54 bits per heavy atom. The smallest absolute Gasteiger partial charge is 0.263 e. The molecular weight excluding hydrogens is 625 g/mol. The van der Waals surface area contributed by atoms with Crippen LogP contribution in [0.25, 0.3) is 0 Å². The predicted octanol–water partition coefficient (Wildman–Crippen LogP) is 6.07. The number of fused-ring (bicyclic) bond motifs is 1. The topological polar surface area (TPSA) is 77.5 Å². The summed E-state index contributed by atoms with van der Waals surface area (Å²) in [5, 5.41) is 4.33. The first-order chi connectivity index (χ1) is 22.0. The van der Waals surface area contributed by atoms with Gasteiger partial charge in [-0.2, -0.15) is 0 Å². The van der Waals surface area contributed by atoms with Crippen molar-refractivity contribution < 1.29 is 18.7 Å². The Balaban J connectivity index is 1.27. The molecule has 244 valence electrons. The fourth-order valence-electron chi connectivity index (χ4n) is 7.77. The number of thioether (sulfide) groups is 1. The largest absolute Gasteiger partial charge is 0.497 e. The zero-order valence-electron chi connectivity index (χ0n) is 27.0. The van der Waals surface area contributed by atoms with E-state index in [0.717, 1.165) is 42.8 Å². The number of aliphatic imine (C=N–C) groups is 1. The number of methoxy groups -OCH3 is 1. The molecular formula is C35H41ClFN5O3S. The summed E-state index contributed by atoms with van der Waals surface area (Å²) in [5.74, 6) is 0.106. The molecule has 1 N–H and O–H groups in total. The predicted molar refractivity (Wildman–Crippen MR) is 179 cm³/mol. The van der Waals surface area contributed by atoms with Gasteiger partial charge in [-0.15, -0.1) is 0 Å². The molecule has 1 spiro atoms. The van der Waals surface area contributed by atoms with Crippen molar-refractivity contribution in [2.75, 3.05) is 26.7 Å². The van der Waals surface area contributed by atoms with E-state index in [4.69, 9.17) is 21.3 Å². The Hall–Kier alpha value is -3.08. The first-order valence-corrected chi connectivity index (χ1v) is 17.4. The molecule has 2 amide bonds. The molecule has 0 aromatic heterocycles. The number of ether oxygens (including phenoxy) is 1. The third-order valence-electron chi connectivity index (χ3n) is 10.4. The Bertz CT molecular complexity index is 1640. The second-order valence-electron chi connectivity index (χ2n) is 13.8. The SMILES string of the molecule is COc1ccc([C@]2(C)N=C3SC(C(=O)N4[C@H](C)CC[C@H]4C(=O)N4CCNC5(CC5)C4)=C(C(C)C)N3C2c2ccc(Cl)c(F)c2)cc1. The minimum Gasteiger partial charge on any atom is -0.497 e. The molecule has 2 saturated heterocycles. The van der Waals surface area contributed by atoms with Gasteiger partial charge in [-0.1, -0.05) is 43.6 Å². The van der Waals surface area contributed by atoms with Gasteiger partial charge >= 0.3 is 0 Å². The molecule has 4 aliphatic heterocycles. The van der Waals surface area contributed by atoms with Gasteiger partial charge in [-0.3, -0.25) is 9.59 Å². The lowest BCUT2D eigenvalue weighted by atomic mass is 9.81. The average molecular weight is 666 g/mol. The van der Waals surface area contributed by atoms with Gasteiger partial charge in [0.25, 0.3) is 5.91 Å². The molecule has 2 aromatic rings. The molecule has 46 heavy (non-hydrogen) atoms. The summed E-state index contributed by atoms with van der Waals surface area (Å²) in [5.41, 5.74) is 1.76. The summed E-state index contributed by atoms with van der Waals surface area (Å²) in [6, 6.07) is 11.7. The van der Waals surface area contributed by atoms with Gasteiger partial charge in [-0.05, 0) is 92.6 Å². The maximum Gasteiger partial charge on any atom is 0.263 e. The number of carbonyl (C=O) groups is 2. The molecule has 1 aliphatic carbocycles. The quantitative estimate of drug-likeness (QED) is 0.404. The normalized spacial score (nSPS) is 28.3. The first-order valence-electron chi connectivity index (χ1n) is 16.2. The van der Waals surface area contributed by atoms with E-state index in [9.17, 15) is 9.59 Å². The van der Waals surface area contributed by atoms with Crippen LogP contribution in [0, 0.1) is 11.7 Å². The highest BCUT2D eigenvalue weighted by atomic mass is 35.5. The summed E-state index contributed by atoms with van der Waals surface area (Å²) in [4.78, 5) is 40.5. The van der Waals surface area contributed by atoms with Gasteiger partial charge in [0.15, 0.2) is 5.17 Å². The Labute approximate surface area is 279 Å². The highest BCUT2D eigenvalue weighted by Gasteiger charge is 2.55. The number of nitrogens with zero attached hydrogens (tertiary/aromatic N) is 4. The molecule has 0 bridgehead atoms. The molecule has 1 unspecified atom stereocenters. The van der Waals surface area contributed by atoms with Gasteiger partial charge in [0.2, 0.25) is 5.91 Å². The fourth-order valence-corrected chi connectivity index (χ4v) is 9.24. The van der Waals surface area contributed by atoms with Crippen molar-refractivity contribution in [1.82, 2.24) is 20.0 Å². The lowest BCUT2D eigenvalue weighted by Gasteiger charge is -2.38. The number of piperazine rings is 1. The zero-order valence-corrected chi connectivity index (χ0v) is 28.6. The van der Waals surface area contributed by atoms with Gasteiger partial charge < -0.3 is 24.8 Å². The van der Waals surface area contributed by atoms with Crippen LogP contribution >= 0.6 is 23.4 Å². The van der Waals surface area contributed by atoms with Crippen molar-refractivity contribution >= 4 is 40.3 Å². The monoisotopic (exact) mass is 665 g/mol. The Morgan fingerprint density at radius 2 is 1.89 bits per heavy atom. The maximum atomic E-state index is 15.0. The summed E-state index contributed by atoms with van der Waals surface area (Å²) in [6.07, 6.45) is 3.62. The van der Waals surface area contributed by atoms with Crippen molar-refractivity contribution in [3.05, 3.63) is 75.0 Å². The number of carbonyl (C=O) groups excluding carboxylic acids is 2. The van der Waals surface area contributed by atoms with Crippen molar-refractivity contribution in [3.8, 4) is 5.75 Å². The Kier molecular flexibility index (Phi) is 7.92. The van der Waals surface area contributed by atoms with Crippen LogP contribution < -0.4 is 10.1 Å². The number of hydrogen-bond donors (Lipinski definition) is 1. The van der Waals surface area contributed by atoms with E-state index in [0.29, 0.717) is 35.1 Å². The fraction of sp³-hybridized carbons (Fsp3) is 0.514. The van der Waals surface area contributed by atoms with Crippen LogP contribution in [-0.4, -0.2) is 76.0 Å². The standard InChI is InChI=1S/C35H41ClFN5O3S/c1-20(2)28-29(32(44)41-21(3)6-13-27(41)31(43)40-17-16-38-35(19-40)14-15-35)46-33-39-34(4,23-8-10-24(45-5)11-9-23)30(42(28)33)22-7-12-25(36)26(37)18-22/h7-12,18,20-21,27,30,38H,6,13-17,19H2,1-5H3/t21-,27+,30?,34+/m1/s1. The van der Waals surface area contributed by atoms with Crippen molar-refractivity contribution in [2.24, 2.45) is 10.9 Å². The van der Waals surface area contributed by atoms with Gasteiger partial charge in [0.05, 0.1) is 18.2 Å². The van der Waals surface area contributed by atoms with Gasteiger partial charge in [0.1, 0.15) is 28.1 Å². The summed E-state index contributed by atoms with van der Waals surface area (Å²) >= 11 is 7.50. The number of allylic oxidation sites excluding steroid dienone is 1. The number of nitrogens with one attached hydrogen (secondary N) is 1. The first kappa shape index (κ1) is 31.5. The number of benzene rings is 2. The zero-order chi connectivity index (χ0) is 32.5. The molecule has 8 nitrogen and oxygen atoms in total. The molecule has 4 heterocycles. The van der Waals surface area contributed by atoms with Gasteiger partial charge in [-0.25, -0.2) is 9.38 Å². The van der Waals surface area contributed by atoms with Crippen LogP contribution in [0.5, 0.6) is 5.75 Å². The molecule has 0 radical (unpaired) electrons. The van der Waals surface area contributed by atoms with E-state index in [1.165, 1.54) is 17.8 Å². The number of rotatable bonds is 6. The number of likely N-dealkylation sites (tertiary alicyclic amines) is 1. The van der Waals surface area contributed by atoms with E-state index in [1.54, 1.807) is 13.2 Å². The number of amides is 2. The third kappa shape index (κ3) is 5.11.